The molecule has 76 valence electrons. The van der Waals surface area contributed by atoms with Crippen LogP contribution in [0.25, 0.3) is 0 Å². The van der Waals surface area contributed by atoms with Gasteiger partial charge in [0.2, 0.25) is 0 Å². The summed E-state index contributed by atoms with van der Waals surface area (Å²) in [7, 11) is 0. The first kappa shape index (κ1) is 10.8. The largest absolute Gasteiger partial charge is 0.478 e. The molecule has 1 aromatic rings. The molecule has 0 unspecified atom stereocenters. The molecule has 1 rings (SSSR count). The van der Waals surface area contributed by atoms with Crippen molar-refractivity contribution >= 4 is 23.4 Å². The van der Waals surface area contributed by atoms with Crippen LogP contribution in [0.4, 0.5) is 5.82 Å². The van der Waals surface area contributed by atoms with Crippen molar-refractivity contribution in [3.63, 3.8) is 0 Å². The maximum absolute atomic E-state index is 10.8. The first-order valence-electron chi connectivity index (χ1n) is 4.29. The van der Waals surface area contributed by atoms with Crippen molar-refractivity contribution in [1.82, 2.24) is 4.98 Å². The van der Waals surface area contributed by atoms with Gasteiger partial charge in [0.15, 0.2) is 0 Å². The van der Waals surface area contributed by atoms with E-state index in [2.05, 4.69) is 10.3 Å². The predicted octanol–water partition coefficient (Wildman–Crippen LogP) is 2.26. The second-order valence-electron chi connectivity index (χ2n) is 2.76. The maximum atomic E-state index is 10.8. The van der Waals surface area contributed by atoms with E-state index in [0.717, 1.165) is 6.42 Å². The van der Waals surface area contributed by atoms with E-state index < -0.39 is 5.97 Å². The quantitative estimate of drug-likeness (QED) is 0.755. The van der Waals surface area contributed by atoms with Gasteiger partial charge in [0.05, 0.1) is 0 Å². The lowest BCUT2D eigenvalue weighted by Crippen LogP contribution is -2.08. The fraction of sp³-hybridized carbons (Fsp3) is 0.333. The first-order valence-corrected chi connectivity index (χ1v) is 4.66. The zero-order valence-corrected chi connectivity index (χ0v) is 8.51. The van der Waals surface area contributed by atoms with Crippen LogP contribution in [0.5, 0.6) is 0 Å². The number of carboxylic acid groups (broad SMARTS) is 1. The molecule has 0 fully saturated rings. The molecule has 1 heterocycles. The molecule has 5 heteroatoms. The van der Waals surface area contributed by atoms with Gasteiger partial charge in [-0.05, 0) is 18.6 Å². The first-order chi connectivity index (χ1) is 6.65. The molecule has 0 bridgehead atoms. The van der Waals surface area contributed by atoms with Gasteiger partial charge < -0.3 is 10.4 Å². The number of rotatable bonds is 4. The molecule has 0 spiro atoms. The van der Waals surface area contributed by atoms with E-state index in [-0.39, 0.29) is 10.7 Å². The number of anilines is 1. The highest BCUT2D eigenvalue weighted by Gasteiger charge is 2.10. The maximum Gasteiger partial charge on any atom is 0.339 e. The Kier molecular flexibility index (Phi) is 3.71. The van der Waals surface area contributed by atoms with Gasteiger partial charge in [0, 0.05) is 6.54 Å². The topological polar surface area (TPSA) is 62.2 Å². The molecule has 0 aliphatic rings. The molecule has 0 amide bonds. The molecule has 0 saturated heterocycles. The van der Waals surface area contributed by atoms with E-state index in [1.165, 1.54) is 12.1 Å². The average Bonchev–Trinajstić information content (AvgIpc) is 2.14. The number of carboxylic acids is 1. The molecule has 0 aliphatic heterocycles. The van der Waals surface area contributed by atoms with Gasteiger partial charge in [-0.2, -0.15) is 0 Å². The van der Waals surface area contributed by atoms with Crippen LogP contribution >= 0.6 is 11.6 Å². The summed E-state index contributed by atoms with van der Waals surface area (Å²) in [5.74, 6) is -0.681. The van der Waals surface area contributed by atoms with Crippen molar-refractivity contribution in [3.05, 3.63) is 22.8 Å². The van der Waals surface area contributed by atoms with E-state index in [4.69, 9.17) is 16.7 Å². The number of hydrogen-bond acceptors (Lipinski definition) is 3. The van der Waals surface area contributed by atoms with Gasteiger partial charge in [-0.25, -0.2) is 9.78 Å². The minimum atomic E-state index is -1.01. The minimum absolute atomic E-state index is 0.142. The van der Waals surface area contributed by atoms with Gasteiger partial charge >= 0.3 is 5.97 Å². The van der Waals surface area contributed by atoms with Crippen LogP contribution < -0.4 is 5.32 Å². The van der Waals surface area contributed by atoms with E-state index in [9.17, 15) is 4.79 Å². The van der Waals surface area contributed by atoms with Crippen LogP contribution in [0.3, 0.4) is 0 Å². The number of aromatic carboxylic acids is 1. The molecule has 0 aromatic carbocycles. The summed E-state index contributed by atoms with van der Waals surface area (Å²) in [6, 6.07) is 2.90. The lowest BCUT2D eigenvalue weighted by atomic mass is 10.2. The van der Waals surface area contributed by atoms with E-state index in [1.54, 1.807) is 0 Å². The van der Waals surface area contributed by atoms with Crippen LogP contribution in [-0.2, 0) is 0 Å². The van der Waals surface area contributed by atoms with Gasteiger partial charge in [0.1, 0.15) is 16.5 Å². The summed E-state index contributed by atoms with van der Waals surface area (Å²) < 4.78 is 0. The Morgan fingerprint density at radius 1 is 1.64 bits per heavy atom. The third kappa shape index (κ3) is 2.60. The van der Waals surface area contributed by atoms with E-state index >= 15 is 0 Å². The van der Waals surface area contributed by atoms with Gasteiger partial charge in [-0.15, -0.1) is 0 Å². The summed E-state index contributed by atoms with van der Waals surface area (Å²) in [4.78, 5) is 14.7. The number of pyridine rings is 1. The normalized spacial score (nSPS) is 9.86. The second-order valence-corrected chi connectivity index (χ2v) is 3.15. The number of nitrogens with zero attached hydrogens (tertiary/aromatic N) is 1. The Morgan fingerprint density at radius 2 is 2.36 bits per heavy atom. The number of halogens is 1. The summed E-state index contributed by atoms with van der Waals surface area (Å²) in [5, 5.41) is 12.0. The molecule has 0 saturated carbocycles. The van der Waals surface area contributed by atoms with Crippen molar-refractivity contribution in [2.24, 2.45) is 0 Å². The zero-order valence-electron chi connectivity index (χ0n) is 7.75. The molecule has 0 atom stereocenters. The molecule has 2 N–H and O–H groups in total. The number of nitrogens with one attached hydrogen (secondary N) is 1. The molecule has 4 nitrogen and oxygen atoms in total. The summed E-state index contributed by atoms with van der Waals surface area (Å²) in [6.07, 6.45) is 0.896. The van der Waals surface area contributed by atoms with Gasteiger partial charge in [-0.3, -0.25) is 0 Å². The Balaban J connectivity index is 2.97. The van der Waals surface area contributed by atoms with Gasteiger partial charge in [0.25, 0.3) is 0 Å². The number of hydrogen-bond donors (Lipinski definition) is 2. The van der Waals surface area contributed by atoms with Crippen LogP contribution in [0, 0.1) is 0 Å². The highest BCUT2D eigenvalue weighted by Crippen LogP contribution is 2.16. The van der Waals surface area contributed by atoms with Crippen molar-refractivity contribution in [2.75, 3.05) is 11.9 Å². The van der Waals surface area contributed by atoms with Crippen molar-refractivity contribution < 1.29 is 9.90 Å². The highest BCUT2D eigenvalue weighted by molar-refractivity contribution is 6.29. The molecule has 1 aromatic heterocycles. The van der Waals surface area contributed by atoms with E-state index in [1.807, 2.05) is 6.92 Å². The Bertz CT molecular complexity index is 342. The fourth-order valence-corrected chi connectivity index (χ4v) is 1.13. The standard InChI is InChI=1S/C9H11ClN2O2/c1-2-5-11-8-6(9(13)14)3-4-7(10)12-8/h3-4H,2,5H2,1H3,(H,11,12)(H,13,14). The molecule has 0 aliphatic carbocycles. The predicted molar refractivity (Wildman–Crippen MR) is 55.0 cm³/mol. The van der Waals surface area contributed by atoms with Crippen LogP contribution in [0.15, 0.2) is 12.1 Å². The fourth-order valence-electron chi connectivity index (χ4n) is 0.986. The lowest BCUT2D eigenvalue weighted by Gasteiger charge is -2.07. The molecular weight excluding hydrogens is 204 g/mol. The summed E-state index contributed by atoms with van der Waals surface area (Å²) in [5.41, 5.74) is 0.142. The summed E-state index contributed by atoms with van der Waals surface area (Å²) in [6.45, 7) is 2.66. The molecular formula is C9H11ClN2O2. The Morgan fingerprint density at radius 3 is 2.93 bits per heavy atom. The van der Waals surface area contributed by atoms with Crippen LogP contribution in [0.1, 0.15) is 23.7 Å². The van der Waals surface area contributed by atoms with Crippen LogP contribution in [-0.4, -0.2) is 22.6 Å². The van der Waals surface area contributed by atoms with E-state index in [0.29, 0.717) is 12.4 Å². The molecule has 14 heavy (non-hydrogen) atoms. The minimum Gasteiger partial charge on any atom is -0.478 e. The lowest BCUT2D eigenvalue weighted by molar-refractivity contribution is 0.0697. The third-order valence-electron chi connectivity index (χ3n) is 1.63. The van der Waals surface area contributed by atoms with Crippen molar-refractivity contribution in [1.29, 1.82) is 0 Å². The Labute approximate surface area is 86.9 Å². The van der Waals surface area contributed by atoms with Gasteiger partial charge in [-0.1, -0.05) is 18.5 Å². The summed E-state index contributed by atoms with van der Waals surface area (Å²) >= 11 is 5.66. The zero-order chi connectivity index (χ0) is 10.6. The number of carbonyl (C=O) groups is 1. The molecule has 0 radical (unpaired) electrons. The third-order valence-corrected chi connectivity index (χ3v) is 1.84. The van der Waals surface area contributed by atoms with Crippen molar-refractivity contribution in [2.45, 2.75) is 13.3 Å². The second kappa shape index (κ2) is 4.81. The highest BCUT2D eigenvalue weighted by atomic mass is 35.5. The number of aromatic nitrogens is 1. The monoisotopic (exact) mass is 214 g/mol. The smallest absolute Gasteiger partial charge is 0.339 e. The Hall–Kier alpha value is -1.29. The SMILES string of the molecule is CCCNc1nc(Cl)ccc1C(=O)O. The average molecular weight is 215 g/mol. The van der Waals surface area contributed by atoms with Crippen molar-refractivity contribution in [3.8, 4) is 0 Å². The van der Waals surface area contributed by atoms with Crippen LogP contribution in [0.2, 0.25) is 5.15 Å².